The third-order valence-corrected chi connectivity index (χ3v) is 6.80. The van der Waals surface area contributed by atoms with Gasteiger partial charge in [-0.3, -0.25) is 4.68 Å². The number of alkyl halides is 3. The Labute approximate surface area is 208 Å². The Morgan fingerprint density at radius 2 is 1.81 bits per heavy atom. The van der Waals surface area contributed by atoms with Crippen molar-refractivity contribution in [2.24, 2.45) is 18.4 Å². The molecule has 0 radical (unpaired) electrons. The van der Waals surface area contributed by atoms with Gasteiger partial charge in [-0.25, -0.2) is 4.98 Å². The first kappa shape index (κ1) is 24.2. The average Bonchev–Trinajstić information content (AvgIpc) is 3.35. The van der Waals surface area contributed by atoms with Crippen LogP contribution in [0.25, 0.3) is 22.2 Å². The highest BCUT2D eigenvalue weighted by molar-refractivity contribution is 5.85. The Hall–Kier alpha value is -3.49. The van der Waals surface area contributed by atoms with Gasteiger partial charge in [0.05, 0.1) is 17.2 Å². The minimum atomic E-state index is -4.72. The molecular formula is C27H30F3N5O. The van der Waals surface area contributed by atoms with Gasteiger partial charge in [-0.1, -0.05) is 26.8 Å². The number of hydrogen-bond acceptors (Lipinski definition) is 4. The molecule has 0 saturated heterocycles. The summed E-state index contributed by atoms with van der Waals surface area (Å²) in [6.45, 7) is 6.91. The van der Waals surface area contributed by atoms with Crippen molar-refractivity contribution in [3.8, 4) is 16.9 Å². The Morgan fingerprint density at radius 1 is 1.06 bits per heavy atom. The third-order valence-electron chi connectivity index (χ3n) is 6.80. The zero-order chi connectivity index (χ0) is 25.7. The predicted octanol–water partition coefficient (Wildman–Crippen LogP) is 7.47. The van der Waals surface area contributed by atoms with Crippen molar-refractivity contribution in [1.82, 2.24) is 19.3 Å². The van der Waals surface area contributed by atoms with Crippen LogP contribution in [0.5, 0.6) is 5.75 Å². The van der Waals surface area contributed by atoms with Crippen LogP contribution in [0.2, 0.25) is 0 Å². The van der Waals surface area contributed by atoms with Gasteiger partial charge in [0.15, 0.2) is 0 Å². The number of benzene rings is 2. The molecule has 2 atom stereocenters. The topological polar surface area (TPSA) is 56.9 Å². The van der Waals surface area contributed by atoms with E-state index in [-0.39, 0.29) is 17.2 Å². The molecule has 0 amide bonds. The lowest BCUT2D eigenvalue weighted by molar-refractivity contribution is -0.274. The molecule has 1 saturated carbocycles. The molecule has 1 fully saturated rings. The van der Waals surface area contributed by atoms with Gasteiger partial charge in [-0.05, 0) is 72.6 Å². The van der Waals surface area contributed by atoms with Crippen LogP contribution in [-0.2, 0) is 7.05 Å². The van der Waals surface area contributed by atoms with E-state index in [2.05, 4.69) is 58.7 Å². The van der Waals surface area contributed by atoms with Gasteiger partial charge in [-0.15, -0.1) is 13.2 Å². The van der Waals surface area contributed by atoms with Crippen LogP contribution in [0.15, 0.2) is 54.9 Å². The Bertz CT molecular complexity index is 1370. The van der Waals surface area contributed by atoms with Crippen LogP contribution in [0.1, 0.15) is 46.1 Å². The second-order valence-electron chi connectivity index (χ2n) is 10.7. The molecule has 6 nitrogen and oxygen atoms in total. The number of halogens is 3. The van der Waals surface area contributed by atoms with Gasteiger partial charge in [0.1, 0.15) is 5.75 Å². The van der Waals surface area contributed by atoms with Crippen molar-refractivity contribution in [1.29, 1.82) is 0 Å². The second-order valence-corrected chi connectivity index (χ2v) is 10.7. The van der Waals surface area contributed by atoms with Gasteiger partial charge in [0.25, 0.3) is 0 Å². The molecule has 1 aliphatic rings. The molecule has 0 unspecified atom stereocenters. The van der Waals surface area contributed by atoms with Gasteiger partial charge in [0.2, 0.25) is 5.95 Å². The Morgan fingerprint density at radius 3 is 2.44 bits per heavy atom. The van der Waals surface area contributed by atoms with Gasteiger partial charge in [-0.2, -0.15) is 5.10 Å². The van der Waals surface area contributed by atoms with E-state index in [1.54, 1.807) is 16.8 Å². The zero-order valence-electron chi connectivity index (χ0n) is 20.8. The van der Waals surface area contributed by atoms with Gasteiger partial charge < -0.3 is 14.6 Å². The smallest absolute Gasteiger partial charge is 0.406 e. The third kappa shape index (κ3) is 5.20. The van der Waals surface area contributed by atoms with Crippen LogP contribution in [-0.4, -0.2) is 25.7 Å². The summed E-state index contributed by atoms with van der Waals surface area (Å²) in [6.07, 6.45) is 2.29. The summed E-state index contributed by atoms with van der Waals surface area (Å²) in [5.74, 6) is 0.982. The fourth-order valence-electron chi connectivity index (χ4n) is 5.67. The highest BCUT2D eigenvalue weighted by atomic mass is 19.4. The minimum absolute atomic E-state index is 0.197. The van der Waals surface area contributed by atoms with Crippen molar-refractivity contribution in [3.63, 3.8) is 0 Å². The molecule has 5 rings (SSSR count). The second kappa shape index (κ2) is 8.87. The summed E-state index contributed by atoms with van der Waals surface area (Å²) in [5.41, 5.74) is 4.75. The molecule has 1 N–H and O–H groups in total. The summed E-state index contributed by atoms with van der Waals surface area (Å²) in [7, 11) is 1.88. The molecule has 0 spiro atoms. The molecule has 1 aliphatic carbocycles. The maximum Gasteiger partial charge on any atom is 0.573 e. The first-order chi connectivity index (χ1) is 17.0. The number of rotatable bonds is 5. The molecule has 4 aromatic rings. The van der Waals surface area contributed by atoms with Crippen LogP contribution >= 0.6 is 0 Å². The fourth-order valence-corrected chi connectivity index (χ4v) is 5.67. The van der Waals surface area contributed by atoms with E-state index in [1.165, 1.54) is 18.6 Å². The SMILES string of the molecule is C[C@H]1C[C@@H](n2c(Nc3ccc(OC(F)(F)F)cc3)nc3cc(-c4cnn(C)c4)ccc32)CC(C)(C)C1. The number of aromatic nitrogens is 4. The van der Waals surface area contributed by atoms with Crippen molar-refractivity contribution in [2.75, 3.05) is 5.32 Å². The van der Waals surface area contributed by atoms with E-state index in [1.807, 2.05) is 19.4 Å². The fraction of sp³-hybridized carbons (Fsp3) is 0.407. The van der Waals surface area contributed by atoms with Crippen molar-refractivity contribution in [3.05, 3.63) is 54.9 Å². The van der Waals surface area contributed by atoms with Crippen LogP contribution in [0, 0.1) is 11.3 Å². The number of aryl methyl sites for hydroxylation is 1. The van der Waals surface area contributed by atoms with Crippen molar-refractivity contribution in [2.45, 2.75) is 52.4 Å². The monoisotopic (exact) mass is 497 g/mol. The largest absolute Gasteiger partial charge is 0.573 e. The van der Waals surface area contributed by atoms with Gasteiger partial charge >= 0.3 is 6.36 Å². The van der Waals surface area contributed by atoms with E-state index in [4.69, 9.17) is 4.98 Å². The standard InChI is InChI=1S/C27H30F3N5O/c1-17-11-21(14-26(2,3)13-17)35-24-10-5-18(19-15-31-34(4)16-19)12-23(24)33-25(35)32-20-6-8-22(9-7-20)36-27(28,29)30/h5-10,12,15-17,21H,11,13-14H2,1-4H3,(H,32,33)/t17-,21+/m0/s1. The number of anilines is 2. The Kier molecular flexibility index (Phi) is 5.97. The number of fused-ring (bicyclic) bond motifs is 1. The first-order valence-electron chi connectivity index (χ1n) is 12.1. The van der Waals surface area contributed by atoms with E-state index >= 15 is 0 Å². The van der Waals surface area contributed by atoms with Crippen LogP contribution in [0.4, 0.5) is 24.8 Å². The molecule has 9 heteroatoms. The normalized spacial score (nSPS) is 20.0. The van der Waals surface area contributed by atoms with Crippen molar-refractivity contribution < 1.29 is 17.9 Å². The number of hydrogen-bond donors (Lipinski definition) is 1. The van der Waals surface area contributed by atoms with E-state index in [0.29, 0.717) is 17.6 Å². The summed E-state index contributed by atoms with van der Waals surface area (Å²) >= 11 is 0. The van der Waals surface area contributed by atoms with Gasteiger partial charge in [0, 0.05) is 30.5 Å². The van der Waals surface area contributed by atoms with E-state index < -0.39 is 6.36 Å². The summed E-state index contributed by atoms with van der Waals surface area (Å²) in [4.78, 5) is 4.94. The number of ether oxygens (including phenoxy) is 1. The van der Waals surface area contributed by atoms with Crippen molar-refractivity contribution >= 4 is 22.7 Å². The number of nitrogens with one attached hydrogen (secondary N) is 1. The predicted molar refractivity (Wildman–Crippen MR) is 134 cm³/mol. The number of nitrogens with zero attached hydrogens (tertiary/aromatic N) is 4. The molecule has 2 aromatic carbocycles. The molecule has 0 aliphatic heterocycles. The van der Waals surface area contributed by atoms with E-state index in [0.717, 1.165) is 35.0 Å². The molecule has 36 heavy (non-hydrogen) atoms. The lowest BCUT2D eigenvalue weighted by Gasteiger charge is -2.40. The summed E-state index contributed by atoms with van der Waals surface area (Å²) < 4.78 is 45.7. The zero-order valence-corrected chi connectivity index (χ0v) is 20.8. The quantitative estimate of drug-likeness (QED) is 0.311. The van der Waals surface area contributed by atoms with Crippen LogP contribution in [0.3, 0.4) is 0 Å². The lowest BCUT2D eigenvalue weighted by Crippen LogP contribution is -2.29. The molecular weight excluding hydrogens is 467 g/mol. The highest BCUT2D eigenvalue weighted by Gasteiger charge is 2.35. The molecule has 0 bridgehead atoms. The number of imidazole rings is 1. The summed E-state index contributed by atoms with van der Waals surface area (Å²) in [6, 6.07) is 12.2. The summed E-state index contributed by atoms with van der Waals surface area (Å²) in [5, 5.41) is 7.63. The average molecular weight is 498 g/mol. The molecule has 2 aromatic heterocycles. The highest BCUT2D eigenvalue weighted by Crippen LogP contribution is 2.46. The lowest BCUT2D eigenvalue weighted by atomic mass is 9.70. The Balaban J connectivity index is 1.54. The maximum absolute atomic E-state index is 12.6. The first-order valence-corrected chi connectivity index (χ1v) is 12.1. The minimum Gasteiger partial charge on any atom is -0.406 e. The maximum atomic E-state index is 12.6. The molecule has 190 valence electrons. The van der Waals surface area contributed by atoms with Crippen LogP contribution < -0.4 is 10.1 Å². The molecule has 2 heterocycles. The van der Waals surface area contributed by atoms with E-state index in [9.17, 15) is 13.2 Å².